The van der Waals surface area contributed by atoms with Gasteiger partial charge in [0, 0.05) is 23.5 Å². The van der Waals surface area contributed by atoms with E-state index in [1.165, 1.54) is 42.4 Å². The second kappa shape index (κ2) is 6.38. The molecular weight excluding hydrogens is 292 g/mol. The number of allylic oxidation sites excluding steroid dienone is 4. The van der Waals surface area contributed by atoms with Gasteiger partial charge in [0.15, 0.2) is 0 Å². The van der Waals surface area contributed by atoms with Crippen molar-refractivity contribution >= 4 is 0 Å². The minimum Gasteiger partial charge on any atom is -0.396 e. The summed E-state index contributed by atoms with van der Waals surface area (Å²) in [6, 6.07) is 0. The highest BCUT2D eigenvalue weighted by molar-refractivity contribution is 5.51. The van der Waals surface area contributed by atoms with Gasteiger partial charge in [0.05, 0.1) is 0 Å². The third-order valence-electron chi connectivity index (χ3n) is 7.45. The quantitative estimate of drug-likeness (QED) is 0.678. The number of hydrogen-bond acceptors (Lipinski definition) is 1. The Balaban J connectivity index is 2.08. The maximum absolute atomic E-state index is 10.1. The van der Waals surface area contributed by atoms with Crippen LogP contribution in [0.5, 0.6) is 0 Å². The fraction of sp³-hybridized carbons (Fsp3) is 0.739. The zero-order valence-electron chi connectivity index (χ0n) is 16.2. The van der Waals surface area contributed by atoms with Crippen molar-refractivity contribution in [2.45, 2.75) is 73.1 Å². The first-order chi connectivity index (χ1) is 11.4. The van der Waals surface area contributed by atoms with Gasteiger partial charge in [-0.15, -0.1) is 0 Å². The lowest BCUT2D eigenvalue weighted by atomic mass is 9.50. The normalized spacial score (nSPS) is 39.8. The summed E-state index contributed by atoms with van der Waals surface area (Å²) in [6.07, 6.45) is 9.60. The van der Waals surface area contributed by atoms with Crippen LogP contribution in [0, 0.1) is 40.4 Å². The van der Waals surface area contributed by atoms with Gasteiger partial charge in [-0.05, 0) is 61.9 Å². The SMILES string of the molecule is CCC(C)C1=CC2=C(C#CC1C)C1(C)CCCC(C)(CO)C1CC2. The van der Waals surface area contributed by atoms with Crippen LogP contribution in [0.4, 0.5) is 0 Å². The summed E-state index contributed by atoms with van der Waals surface area (Å²) in [7, 11) is 0. The number of aliphatic hydroxyl groups is 1. The van der Waals surface area contributed by atoms with Crippen LogP contribution in [-0.2, 0) is 0 Å². The average molecular weight is 327 g/mol. The maximum Gasteiger partial charge on any atom is 0.0487 e. The van der Waals surface area contributed by atoms with E-state index >= 15 is 0 Å². The van der Waals surface area contributed by atoms with Gasteiger partial charge in [0.1, 0.15) is 0 Å². The summed E-state index contributed by atoms with van der Waals surface area (Å²) in [4.78, 5) is 0. The van der Waals surface area contributed by atoms with Crippen molar-refractivity contribution in [1.29, 1.82) is 0 Å². The van der Waals surface area contributed by atoms with Gasteiger partial charge < -0.3 is 5.11 Å². The molecule has 1 saturated carbocycles. The molecule has 0 bridgehead atoms. The Morgan fingerprint density at radius 1 is 1.33 bits per heavy atom. The molecule has 0 radical (unpaired) electrons. The number of hydrogen-bond donors (Lipinski definition) is 1. The Kier molecular flexibility index (Phi) is 4.73. The molecule has 5 atom stereocenters. The van der Waals surface area contributed by atoms with Gasteiger partial charge in [-0.25, -0.2) is 0 Å². The summed E-state index contributed by atoms with van der Waals surface area (Å²) < 4.78 is 0. The van der Waals surface area contributed by atoms with Crippen molar-refractivity contribution in [1.82, 2.24) is 0 Å². The Morgan fingerprint density at radius 2 is 2.08 bits per heavy atom. The molecule has 132 valence electrons. The van der Waals surface area contributed by atoms with Crippen LogP contribution in [0.15, 0.2) is 22.8 Å². The van der Waals surface area contributed by atoms with Crippen LogP contribution < -0.4 is 0 Å². The lowest BCUT2D eigenvalue weighted by Crippen LogP contribution is -2.48. The molecule has 1 nitrogen and oxygen atoms in total. The van der Waals surface area contributed by atoms with Crippen LogP contribution in [-0.4, -0.2) is 11.7 Å². The first kappa shape index (κ1) is 17.8. The van der Waals surface area contributed by atoms with Gasteiger partial charge in [-0.3, -0.25) is 0 Å². The zero-order chi connectivity index (χ0) is 17.5. The van der Waals surface area contributed by atoms with Gasteiger partial charge in [0.25, 0.3) is 0 Å². The summed E-state index contributed by atoms with van der Waals surface area (Å²) in [5.74, 6) is 8.75. The van der Waals surface area contributed by atoms with Crippen molar-refractivity contribution < 1.29 is 5.11 Å². The Labute approximate surface area is 148 Å². The molecule has 0 amide bonds. The molecule has 0 heterocycles. The van der Waals surface area contributed by atoms with Crippen molar-refractivity contribution in [3.63, 3.8) is 0 Å². The first-order valence-corrected chi connectivity index (χ1v) is 9.93. The lowest BCUT2D eigenvalue weighted by Gasteiger charge is -2.54. The molecule has 0 aromatic carbocycles. The largest absolute Gasteiger partial charge is 0.396 e. The van der Waals surface area contributed by atoms with E-state index in [0.717, 1.165) is 12.8 Å². The van der Waals surface area contributed by atoms with Crippen molar-refractivity contribution in [3.8, 4) is 11.8 Å². The molecule has 0 aromatic heterocycles. The zero-order valence-corrected chi connectivity index (χ0v) is 16.2. The Bertz CT molecular complexity index is 628. The molecule has 1 heteroatoms. The third-order valence-corrected chi connectivity index (χ3v) is 7.45. The molecular formula is C23H34O. The van der Waals surface area contributed by atoms with E-state index in [-0.39, 0.29) is 10.8 Å². The van der Waals surface area contributed by atoms with Crippen LogP contribution in [0.3, 0.4) is 0 Å². The molecule has 3 aliphatic rings. The van der Waals surface area contributed by atoms with Gasteiger partial charge >= 0.3 is 0 Å². The predicted octanol–water partition coefficient (Wildman–Crippen LogP) is 5.51. The van der Waals surface area contributed by atoms with E-state index in [2.05, 4.69) is 52.5 Å². The molecule has 24 heavy (non-hydrogen) atoms. The Hall–Kier alpha value is -1.00. The topological polar surface area (TPSA) is 20.2 Å². The fourth-order valence-corrected chi connectivity index (χ4v) is 5.69. The second-order valence-electron chi connectivity index (χ2n) is 9.02. The van der Waals surface area contributed by atoms with Crippen molar-refractivity contribution in [2.24, 2.45) is 28.6 Å². The Morgan fingerprint density at radius 3 is 2.75 bits per heavy atom. The third kappa shape index (κ3) is 2.68. The van der Waals surface area contributed by atoms with Gasteiger partial charge in [-0.1, -0.05) is 57.6 Å². The molecule has 1 fully saturated rings. The molecule has 5 unspecified atom stereocenters. The molecule has 0 aliphatic heterocycles. The summed E-state index contributed by atoms with van der Waals surface area (Å²) in [5.41, 5.74) is 4.65. The van der Waals surface area contributed by atoms with E-state index in [1.54, 1.807) is 0 Å². The van der Waals surface area contributed by atoms with Gasteiger partial charge in [0.2, 0.25) is 0 Å². The molecule has 0 spiro atoms. The van der Waals surface area contributed by atoms with Crippen LogP contribution in [0.25, 0.3) is 0 Å². The van der Waals surface area contributed by atoms with E-state index in [4.69, 9.17) is 0 Å². The number of aliphatic hydroxyl groups excluding tert-OH is 1. The fourth-order valence-electron chi connectivity index (χ4n) is 5.69. The van der Waals surface area contributed by atoms with Crippen molar-refractivity contribution in [3.05, 3.63) is 22.8 Å². The van der Waals surface area contributed by atoms with Crippen LogP contribution in [0.2, 0.25) is 0 Å². The molecule has 3 aliphatic carbocycles. The monoisotopic (exact) mass is 326 g/mol. The molecule has 0 saturated heterocycles. The van der Waals surface area contributed by atoms with Crippen molar-refractivity contribution in [2.75, 3.05) is 6.61 Å². The van der Waals surface area contributed by atoms with E-state index in [1.807, 2.05) is 0 Å². The lowest BCUT2D eigenvalue weighted by molar-refractivity contribution is -0.0347. The maximum atomic E-state index is 10.1. The van der Waals surface area contributed by atoms with Gasteiger partial charge in [-0.2, -0.15) is 0 Å². The molecule has 0 aromatic rings. The highest BCUT2D eigenvalue weighted by Gasteiger charge is 2.52. The highest BCUT2D eigenvalue weighted by atomic mass is 16.3. The standard InChI is InChI=1S/C23H34O/c1-6-16(2)19-14-18-9-11-21-22(4,15-24)12-7-13-23(21,5)20(18)10-8-17(19)3/h14,16-17,21,24H,6-7,9,11-13,15H2,1-5H3. The van der Waals surface area contributed by atoms with E-state index in [0.29, 0.717) is 24.4 Å². The van der Waals surface area contributed by atoms with E-state index < -0.39 is 0 Å². The van der Waals surface area contributed by atoms with Crippen LogP contribution >= 0.6 is 0 Å². The number of rotatable bonds is 3. The molecule has 1 N–H and O–H groups in total. The average Bonchev–Trinajstić information content (AvgIpc) is 2.74. The molecule has 3 rings (SSSR count). The second-order valence-corrected chi connectivity index (χ2v) is 9.02. The predicted molar refractivity (Wildman–Crippen MR) is 101 cm³/mol. The number of fused-ring (bicyclic) bond motifs is 2. The minimum absolute atomic E-state index is 0.0639. The summed E-state index contributed by atoms with van der Waals surface area (Å²) in [6.45, 7) is 11.9. The van der Waals surface area contributed by atoms with E-state index in [9.17, 15) is 5.11 Å². The van der Waals surface area contributed by atoms with Crippen LogP contribution in [0.1, 0.15) is 73.1 Å². The summed E-state index contributed by atoms with van der Waals surface area (Å²) in [5, 5.41) is 10.1. The highest BCUT2D eigenvalue weighted by Crippen LogP contribution is 2.59. The first-order valence-electron chi connectivity index (χ1n) is 9.93. The summed E-state index contributed by atoms with van der Waals surface area (Å²) >= 11 is 0. The minimum atomic E-state index is 0.0639. The smallest absolute Gasteiger partial charge is 0.0487 e.